The summed E-state index contributed by atoms with van der Waals surface area (Å²) in [6.07, 6.45) is 0. The highest BCUT2D eigenvalue weighted by Gasteiger charge is 2.35. The quantitative estimate of drug-likeness (QED) is 0.581. The highest BCUT2D eigenvalue weighted by molar-refractivity contribution is 6.24. The lowest BCUT2D eigenvalue weighted by atomic mass is 9.85. The van der Waals surface area contributed by atoms with Gasteiger partial charge in [-0.1, -0.05) is 12.1 Å². The molecule has 0 radical (unpaired) electrons. The smallest absolute Gasteiger partial charge is 0.339 e. The molecule has 0 aliphatic heterocycles. The van der Waals surface area contributed by atoms with Gasteiger partial charge in [-0.05, 0) is 30.4 Å². The maximum atomic E-state index is 12.6. The van der Waals surface area contributed by atoms with Crippen molar-refractivity contribution in [1.29, 1.82) is 0 Å². The van der Waals surface area contributed by atoms with Crippen LogP contribution in [0.2, 0.25) is 0 Å². The second-order valence-corrected chi connectivity index (χ2v) is 5.90. The van der Waals surface area contributed by atoms with Crippen molar-refractivity contribution in [3.05, 3.63) is 45.5 Å². The normalized spacial score (nSPS) is 10.4. The van der Waals surface area contributed by atoms with Crippen molar-refractivity contribution < 1.29 is 38.1 Å². The number of aryl methyl sites for hydroxylation is 2. The molecule has 0 N–H and O–H groups in total. The molecule has 0 aliphatic rings. The van der Waals surface area contributed by atoms with Gasteiger partial charge in [0.05, 0.1) is 50.7 Å². The van der Waals surface area contributed by atoms with Crippen molar-refractivity contribution in [1.82, 2.24) is 0 Å². The number of hydrogen-bond donors (Lipinski definition) is 0. The highest BCUT2D eigenvalue weighted by Crippen LogP contribution is 2.36. The molecule has 0 aliphatic carbocycles. The summed E-state index contributed by atoms with van der Waals surface area (Å²) >= 11 is 0. The zero-order chi connectivity index (χ0) is 21.2. The van der Waals surface area contributed by atoms with Crippen LogP contribution in [0.5, 0.6) is 0 Å². The predicted molar refractivity (Wildman–Crippen MR) is 98.8 cm³/mol. The van der Waals surface area contributed by atoms with E-state index in [2.05, 4.69) is 0 Å². The summed E-state index contributed by atoms with van der Waals surface area (Å²) in [5.74, 6) is -3.71. The Balaban J connectivity index is 3.33. The van der Waals surface area contributed by atoms with Crippen LogP contribution in [0.3, 0.4) is 0 Å². The Labute approximate surface area is 161 Å². The number of esters is 4. The average molecular weight is 388 g/mol. The van der Waals surface area contributed by atoms with Crippen LogP contribution >= 0.6 is 0 Å². The summed E-state index contributed by atoms with van der Waals surface area (Å²) in [5, 5.41) is 0.545. The Morgan fingerprint density at radius 2 is 1.00 bits per heavy atom. The van der Waals surface area contributed by atoms with E-state index in [4.69, 9.17) is 18.9 Å². The average Bonchev–Trinajstić information content (AvgIpc) is 2.72. The molecule has 0 saturated carbocycles. The molecule has 0 amide bonds. The van der Waals surface area contributed by atoms with Gasteiger partial charge in [-0.25, -0.2) is 19.2 Å². The molecule has 148 valence electrons. The molecule has 2 rings (SSSR count). The first kappa shape index (κ1) is 20.9. The molecule has 8 heteroatoms. The molecule has 0 spiro atoms. The van der Waals surface area contributed by atoms with Crippen molar-refractivity contribution in [2.45, 2.75) is 13.8 Å². The van der Waals surface area contributed by atoms with Gasteiger partial charge in [0.15, 0.2) is 0 Å². The molecular weight excluding hydrogens is 368 g/mol. The Hall–Kier alpha value is -3.42. The molecule has 0 heterocycles. The largest absolute Gasteiger partial charge is 0.465 e. The summed E-state index contributed by atoms with van der Waals surface area (Å²) in [7, 11) is 4.47. The van der Waals surface area contributed by atoms with Gasteiger partial charge in [-0.3, -0.25) is 0 Å². The number of methoxy groups -OCH3 is 4. The van der Waals surface area contributed by atoms with E-state index in [9.17, 15) is 19.2 Å². The number of fused-ring (bicyclic) bond motifs is 1. The third-order valence-electron chi connectivity index (χ3n) is 4.56. The van der Waals surface area contributed by atoms with Crippen LogP contribution in [-0.4, -0.2) is 52.3 Å². The standard InChI is InChI=1S/C20H20O8/c1-9-7-8-11-12(10(9)2)14(18(22)26-4)16(20(24)28-6)15(19(23)27-5)13(11)17(21)25-3/h7-8H,1-6H3. The molecular formula is C20H20O8. The van der Waals surface area contributed by atoms with E-state index in [1.165, 1.54) is 0 Å². The maximum absolute atomic E-state index is 12.6. The minimum Gasteiger partial charge on any atom is -0.465 e. The van der Waals surface area contributed by atoms with E-state index in [1.807, 2.05) is 0 Å². The minimum atomic E-state index is -0.994. The van der Waals surface area contributed by atoms with Gasteiger partial charge >= 0.3 is 23.9 Å². The number of carbonyl (C=O) groups is 4. The monoisotopic (exact) mass is 388 g/mol. The molecule has 0 unspecified atom stereocenters. The zero-order valence-electron chi connectivity index (χ0n) is 16.4. The first-order valence-corrected chi connectivity index (χ1v) is 8.18. The summed E-state index contributed by atoms with van der Waals surface area (Å²) in [5.41, 5.74) is 0.221. The van der Waals surface area contributed by atoms with Gasteiger partial charge in [0.1, 0.15) is 0 Å². The van der Waals surface area contributed by atoms with Crippen molar-refractivity contribution in [2.75, 3.05) is 28.4 Å². The molecule has 2 aromatic rings. The van der Waals surface area contributed by atoms with E-state index >= 15 is 0 Å². The minimum absolute atomic E-state index is 0.182. The molecule has 0 saturated heterocycles. The van der Waals surface area contributed by atoms with Gasteiger partial charge < -0.3 is 18.9 Å². The van der Waals surface area contributed by atoms with Crippen molar-refractivity contribution in [3.8, 4) is 0 Å². The second kappa shape index (κ2) is 8.08. The van der Waals surface area contributed by atoms with Crippen LogP contribution in [0.4, 0.5) is 0 Å². The Kier molecular flexibility index (Phi) is 6.03. The van der Waals surface area contributed by atoms with Gasteiger partial charge in [-0.2, -0.15) is 0 Å². The second-order valence-electron chi connectivity index (χ2n) is 5.90. The van der Waals surface area contributed by atoms with Crippen molar-refractivity contribution in [2.24, 2.45) is 0 Å². The maximum Gasteiger partial charge on any atom is 0.339 e. The lowest BCUT2D eigenvalue weighted by Crippen LogP contribution is -2.23. The van der Waals surface area contributed by atoms with Crippen LogP contribution in [0.1, 0.15) is 52.6 Å². The number of rotatable bonds is 4. The molecule has 0 atom stereocenters. The fourth-order valence-electron chi connectivity index (χ4n) is 3.09. The molecule has 0 aromatic heterocycles. The van der Waals surface area contributed by atoms with Gasteiger partial charge in [0.25, 0.3) is 0 Å². The highest BCUT2D eigenvalue weighted by atomic mass is 16.5. The summed E-state index contributed by atoms with van der Waals surface area (Å²) in [6.45, 7) is 3.53. The van der Waals surface area contributed by atoms with E-state index in [0.29, 0.717) is 10.9 Å². The van der Waals surface area contributed by atoms with Crippen LogP contribution in [0, 0.1) is 13.8 Å². The molecule has 2 aromatic carbocycles. The molecule has 28 heavy (non-hydrogen) atoms. The molecule has 0 bridgehead atoms. The predicted octanol–water partition coefficient (Wildman–Crippen LogP) is 2.60. The first-order valence-electron chi connectivity index (χ1n) is 8.18. The van der Waals surface area contributed by atoms with Crippen molar-refractivity contribution >= 4 is 34.6 Å². The van der Waals surface area contributed by atoms with Crippen LogP contribution in [0.25, 0.3) is 10.8 Å². The van der Waals surface area contributed by atoms with Crippen LogP contribution < -0.4 is 0 Å². The number of ether oxygens (including phenoxy) is 4. The molecule has 8 nitrogen and oxygen atoms in total. The van der Waals surface area contributed by atoms with Crippen molar-refractivity contribution in [3.63, 3.8) is 0 Å². The van der Waals surface area contributed by atoms with E-state index < -0.39 is 35.0 Å². The van der Waals surface area contributed by atoms with E-state index in [1.54, 1.807) is 26.0 Å². The van der Waals surface area contributed by atoms with Crippen LogP contribution in [-0.2, 0) is 18.9 Å². The fraction of sp³-hybridized carbons (Fsp3) is 0.300. The third kappa shape index (κ3) is 3.17. The Morgan fingerprint density at radius 1 is 0.607 bits per heavy atom. The topological polar surface area (TPSA) is 105 Å². The summed E-state index contributed by atoms with van der Waals surface area (Å²) in [4.78, 5) is 50.4. The lowest BCUT2D eigenvalue weighted by Gasteiger charge is -2.20. The SMILES string of the molecule is COC(=O)c1c(C(=O)OC)c(C(=O)OC)c2c(C)c(C)ccc2c1C(=O)OC. The van der Waals surface area contributed by atoms with Gasteiger partial charge in [0, 0.05) is 5.39 Å². The zero-order valence-corrected chi connectivity index (χ0v) is 16.4. The summed E-state index contributed by atoms with van der Waals surface area (Å²) in [6, 6.07) is 3.30. The van der Waals surface area contributed by atoms with E-state index in [0.717, 1.165) is 34.0 Å². The summed E-state index contributed by atoms with van der Waals surface area (Å²) < 4.78 is 19.2. The Bertz CT molecular complexity index is 1000. The van der Waals surface area contributed by atoms with Crippen LogP contribution in [0.15, 0.2) is 12.1 Å². The number of hydrogen-bond acceptors (Lipinski definition) is 8. The lowest BCUT2D eigenvalue weighted by molar-refractivity contribution is 0.0523. The van der Waals surface area contributed by atoms with Gasteiger partial charge in [-0.15, -0.1) is 0 Å². The van der Waals surface area contributed by atoms with E-state index in [-0.39, 0.29) is 16.5 Å². The first-order chi connectivity index (χ1) is 13.2. The fourth-order valence-corrected chi connectivity index (χ4v) is 3.09. The Morgan fingerprint density at radius 3 is 1.46 bits per heavy atom. The number of benzene rings is 2. The number of carbonyl (C=O) groups excluding carboxylic acids is 4. The third-order valence-corrected chi connectivity index (χ3v) is 4.56. The molecule has 0 fully saturated rings. The van der Waals surface area contributed by atoms with Gasteiger partial charge in [0.2, 0.25) is 0 Å².